The van der Waals surface area contributed by atoms with E-state index in [4.69, 9.17) is 4.42 Å². The van der Waals surface area contributed by atoms with Gasteiger partial charge in [-0.1, -0.05) is 191 Å². The van der Waals surface area contributed by atoms with E-state index in [0.717, 1.165) is 11.1 Å². The van der Waals surface area contributed by atoms with Crippen molar-refractivity contribution in [1.29, 1.82) is 0 Å². The average Bonchev–Trinajstić information content (AvgIpc) is 4.01. The van der Waals surface area contributed by atoms with E-state index < -0.39 is 0 Å². The third-order valence-electron chi connectivity index (χ3n) is 14.0. The summed E-state index contributed by atoms with van der Waals surface area (Å²) in [5, 5.41) is 11.5. The molecule has 0 amide bonds. The second-order valence-electron chi connectivity index (χ2n) is 19.3. The molecule has 1 aliphatic rings. The molecule has 4 nitrogen and oxygen atoms in total. The van der Waals surface area contributed by atoms with Gasteiger partial charge in [0.05, 0.1) is 11.0 Å². The first-order valence-corrected chi connectivity index (χ1v) is 24.1. The Kier molecular flexibility index (Phi) is 12.5. The molecule has 0 fully saturated rings. The van der Waals surface area contributed by atoms with Crippen LogP contribution >= 0.6 is 0 Å². The van der Waals surface area contributed by atoms with Crippen molar-refractivity contribution in [2.24, 2.45) is 0 Å². The molecule has 0 aliphatic heterocycles. The predicted molar refractivity (Wildman–Crippen MR) is 266 cm³/mol. The highest BCUT2D eigenvalue weighted by atomic mass is 16.4. The van der Waals surface area contributed by atoms with Crippen LogP contribution in [-0.2, 0) is 10.8 Å². The average molecular weight is 832 g/mol. The first kappa shape index (κ1) is 42.6. The molecule has 4 heteroatoms. The zero-order chi connectivity index (χ0) is 43.4. The van der Waals surface area contributed by atoms with Gasteiger partial charge in [0.15, 0.2) is 0 Å². The van der Waals surface area contributed by atoms with Crippen molar-refractivity contribution in [1.82, 2.24) is 14.8 Å². The maximum atomic E-state index is 6.25. The smallest absolute Gasteiger partial charge is 0.248 e. The standard InChI is InChI=1S/C59H65N3O/c1-6-8-10-12-14-20-38-59(39-21-15-13-11-9-7-2)52-40-45(42-26-28-43(29-27-42)56-60-61-57(63-56)44-30-33-46(34-31-44)58(3,4)5)32-36-48(52)49-37-35-47(41-53(49)59)62-54-24-18-16-22-50(54)51-23-17-19-25-55(51)62/h16-19,22-37,40-41H,6-15,20-21,38-39H2,1-5H3. The van der Waals surface area contributed by atoms with E-state index in [9.17, 15) is 0 Å². The lowest BCUT2D eigenvalue weighted by molar-refractivity contribution is 0.398. The lowest BCUT2D eigenvalue weighted by atomic mass is 9.70. The van der Waals surface area contributed by atoms with Gasteiger partial charge >= 0.3 is 0 Å². The Morgan fingerprint density at radius 2 is 0.937 bits per heavy atom. The van der Waals surface area contributed by atoms with E-state index in [2.05, 4.69) is 183 Å². The van der Waals surface area contributed by atoms with Crippen molar-refractivity contribution in [3.05, 3.63) is 150 Å². The van der Waals surface area contributed by atoms with Crippen molar-refractivity contribution in [2.75, 3.05) is 0 Å². The molecular formula is C59H65N3O. The number of nitrogens with zero attached hydrogens (tertiary/aromatic N) is 3. The van der Waals surface area contributed by atoms with Crippen LogP contribution in [0.2, 0.25) is 0 Å². The molecule has 2 aromatic heterocycles. The molecule has 0 radical (unpaired) electrons. The third-order valence-corrected chi connectivity index (χ3v) is 14.0. The van der Waals surface area contributed by atoms with Gasteiger partial charge in [0.1, 0.15) is 0 Å². The first-order chi connectivity index (χ1) is 30.8. The Morgan fingerprint density at radius 3 is 1.49 bits per heavy atom. The molecule has 1 aliphatic carbocycles. The van der Waals surface area contributed by atoms with Crippen LogP contribution in [-0.4, -0.2) is 14.8 Å². The third kappa shape index (κ3) is 8.54. The minimum Gasteiger partial charge on any atom is -0.416 e. The van der Waals surface area contributed by atoms with Gasteiger partial charge < -0.3 is 8.98 Å². The van der Waals surface area contributed by atoms with E-state index in [1.807, 2.05) is 0 Å². The summed E-state index contributed by atoms with van der Waals surface area (Å²) in [6.45, 7) is 11.3. The maximum absolute atomic E-state index is 6.25. The molecule has 0 bridgehead atoms. The topological polar surface area (TPSA) is 43.9 Å². The van der Waals surface area contributed by atoms with Crippen LogP contribution in [0.3, 0.4) is 0 Å². The molecule has 0 atom stereocenters. The quantitative estimate of drug-likeness (QED) is 0.0809. The van der Waals surface area contributed by atoms with Crippen LogP contribution < -0.4 is 0 Å². The van der Waals surface area contributed by atoms with Crippen LogP contribution in [0, 0.1) is 0 Å². The highest BCUT2D eigenvalue weighted by Crippen LogP contribution is 2.56. The number of fused-ring (bicyclic) bond motifs is 6. The number of hydrogen-bond acceptors (Lipinski definition) is 3. The summed E-state index contributed by atoms with van der Waals surface area (Å²) >= 11 is 0. The van der Waals surface area contributed by atoms with E-state index in [1.165, 1.54) is 156 Å². The van der Waals surface area contributed by atoms with Crippen LogP contribution in [0.5, 0.6) is 0 Å². The Balaban J connectivity index is 1.09. The number of benzene rings is 6. The van der Waals surface area contributed by atoms with Gasteiger partial charge in [-0.3, -0.25) is 0 Å². The molecule has 322 valence electrons. The summed E-state index contributed by atoms with van der Waals surface area (Å²) in [7, 11) is 0. The number of unbranched alkanes of at least 4 members (excludes halogenated alkanes) is 10. The largest absolute Gasteiger partial charge is 0.416 e. The Hall–Kier alpha value is -5.74. The van der Waals surface area contributed by atoms with Crippen molar-refractivity contribution in [3.63, 3.8) is 0 Å². The molecule has 9 rings (SSSR count). The second-order valence-corrected chi connectivity index (χ2v) is 19.3. The van der Waals surface area contributed by atoms with Crippen molar-refractivity contribution in [2.45, 2.75) is 135 Å². The summed E-state index contributed by atoms with van der Waals surface area (Å²) < 4.78 is 8.76. The van der Waals surface area contributed by atoms with Crippen molar-refractivity contribution < 1.29 is 4.42 Å². The molecule has 6 aromatic carbocycles. The van der Waals surface area contributed by atoms with Crippen molar-refractivity contribution in [3.8, 4) is 50.8 Å². The lowest BCUT2D eigenvalue weighted by Gasteiger charge is -2.33. The van der Waals surface area contributed by atoms with Gasteiger partial charge in [-0.15, -0.1) is 10.2 Å². The molecule has 0 unspecified atom stereocenters. The Morgan fingerprint density at radius 1 is 0.476 bits per heavy atom. The minimum absolute atomic E-state index is 0.0594. The minimum atomic E-state index is -0.0594. The van der Waals surface area contributed by atoms with Gasteiger partial charge in [-0.2, -0.15) is 0 Å². The van der Waals surface area contributed by atoms with E-state index in [0.29, 0.717) is 11.8 Å². The SMILES string of the molecule is CCCCCCCCC1(CCCCCCCC)c2cc(-c3ccc(-c4nnc(-c5ccc(C(C)(C)C)cc5)o4)cc3)ccc2-c2ccc(-n3c4ccccc4c4ccccc43)cc21. The number of hydrogen-bond donors (Lipinski definition) is 0. The summed E-state index contributed by atoms with van der Waals surface area (Å²) in [6.07, 6.45) is 17.9. The van der Waals surface area contributed by atoms with Crippen LogP contribution in [0.4, 0.5) is 0 Å². The van der Waals surface area contributed by atoms with Gasteiger partial charge in [-0.05, 0) is 112 Å². The first-order valence-electron chi connectivity index (χ1n) is 24.1. The number of rotatable bonds is 18. The zero-order valence-corrected chi connectivity index (χ0v) is 38.4. The molecular weight excluding hydrogens is 767 g/mol. The van der Waals surface area contributed by atoms with Gasteiger partial charge in [0.25, 0.3) is 0 Å². The fraction of sp³-hybridized carbons (Fsp3) is 0.356. The Bertz CT molecular complexity index is 2730. The molecule has 0 spiro atoms. The molecule has 63 heavy (non-hydrogen) atoms. The monoisotopic (exact) mass is 832 g/mol. The highest BCUT2D eigenvalue weighted by Gasteiger charge is 2.43. The fourth-order valence-corrected chi connectivity index (χ4v) is 10.5. The maximum Gasteiger partial charge on any atom is 0.248 e. The van der Waals surface area contributed by atoms with E-state index in [1.54, 1.807) is 0 Å². The van der Waals surface area contributed by atoms with Gasteiger partial charge in [0, 0.05) is 33.0 Å². The molecule has 8 aromatic rings. The number of para-hydroxylation sites is 2. The summed E-state index contributed by atoms with van der Waals surface area (Å²) in [4.78, 5) is 0. The van der Waals surface area contributed by atoms with Crippen molar-refractivity contribution >= 4 is 21.8 Å². The number of aromatic nitrogens is 3. The molecule has 0 N–H and O–H groups in total. The van der Waals surface area contributed by atoms with Crippen LogP contribution in [0.15, 0.2) is 138 Å². The van der Waals surface area contributed by atoms with E-state index >= 15 is 0 Å². The van der Waals surface area contributed by atoms with Crippen LogP contribution in [0.25, 0.3) is 72.7 Å². The summed E-state index contributed by atoms with van der Waals surface area (Å²) in [5.74, 6) is 1.08. The van der Waals surface area contributed by atoms with Crippen LogP contribution in [0.1, 0.15) is 141 Å². The lowest BCUT2D eigenvalue weighted by Crippen LogP contribution is -2.26. The molecule has 0 saturated heterocycles. The van der Waals surface area contributed by atoms with E-state index in [-0.39, 0.29) is 10.8 Å². The molecule has 2 heterocycles. The fourth-order valence-electron chi connectivity index (χ4n) is 10.5. The highest BCUT2D eigenvalue weighted by molar-refractivity contribution is 6.09. The summed E-state index contributed by atoms with van der Waals surface area (Å²) in [5.41, 5.74) is 15.3. The predicted octanol–water partition coefficient (Wildman–Crippen LogP) is 17.2. The summed E-state index contributed by atoms with van der Waals surface area (Å²) in [6, 6.07) is 49.8. The second kappa shape index (κ2) is 18.5. The zero-order valence-electron chi connectivity index (χ0n) is 38.4. The Labute approximate surface area is 375 Å². The van der Waals surface area contributed by atoms with Gasteiger partial charge in [0.2, 0.25) is 11.8 Å². The van der Waals surface area contributed by atoms with Gasteiger partial charge in [-0.25, -0.2) is 0 Å². The molecule has 0 saturated carbocycles. The normalized spacial score (nSPS) is 13.2.